The van der Waals surface area contributed by atoms with Gasteiger partial charge in [0, 0.05) is 12.1 Å². The third-order valence-corrected chi connectivity index (χ3v) is 2.91. The molecule has 1 aromatic carbocycles. The zero-order chi connectivity index (χ0) is 13.2. The SMILES string of the molecule is CNCc1coc(-c2ccc(C(C)(C)C)cc2)n1. The van der Waals surface area contributed by atoms with Gasteiger partial charge in [0.15, 0.2) is 0 Å². The molecule has 0 aliphatic carbocycles. The lowest BCUT2D eigenvalue weighted by atomic mass is 9.87. The van der Waals surface area contributed by atoms with E-state index < -0.39 is 0 Å². The molecule has 0 spiro atoms. The minimum Gasteiger partial charge on any atom is -0.444 e. The maximum Gasteiger partial charge on any atom is 0.226 e. The van der Waals surface area contributed by atoms with Crippen LogP contribution >= 0.6 is 0 Å². The molecule has 2 rings (SSSR count). The van der Waals surface area contributed by atoms with E-state index in [4.69, 9.17) is 4.42 Å². The van der Waals surface area contributed by atoms with Crippen LogP contribution in [-0.4, -0.2) is 12.0 Å². The fourth-order valence-electron chi connectivity index (χ4n) is 1.81. The molecule has 3 nitrogen and oxygen atoms in total. The van der Waals surface area contributed by atoms with E-state index in [9.17, 15) is 0 Å². The van der Waals surface area contributed by atoms with Gasteiger partial charge in [0.05, 0.1) is 5.69 Å². The standard InChI is InChI=1S/C15H20N2O/c1-15(2,3)12-7-5-11(6-8-12)14-17-13(9-16-4)10-18-14/h5-8,10,16H,9H2,1-4H3. The van der Waals surface area contributed by atoms with Crippen LogP contribution in [0.2, 0.25) is 0 Å². The Kier molecular flexibility index (Phi) is 3.53. The van der Waals surface area contributed by atoms with Gasteiger partial charge in [-0.25, -0.2) is 4.98 Å². The van der Waals surface area contributed by atoms with Gasteiger partial charge in [0.1, 0.15) is 6.26 Å². The van der Waals surface area contributed by atoms with Crippen LogP contribution in [0.4, 0.5) is 0 Å². The monoisotopic (exact) mass is 244 g/mol. The summed E-state index contributed by atoms with van der Waals surface area (Å²) in [4.78, 5) is 4.43. The second-order valence-corrected chi connectivity index (χ2v) is 5.50. The summed E-state index contributed by atoms with van der Waals surface area (Å²) in [6.07, 6.45) is 1.70. The number of hydrogen-bond donors (Lipinski definition) is 1. The summed E-state index contributed by atoms with van der Waals surface area (Å²) < 4.78 is 5.48. The van der Waals surface area contributed by atoms with Crippen molar-refractivity contribution in [3.8, 4) is 11.5 Å². The van der Waals surface area contributed by atoms with E-state index in [0.717, 1.165) is 17.8 Å². The molecule has 1 aromatic heterocycles. The summed E-state index contributed by atoms with van der Waals surface area (Å²) in [6.45, 7) is 7.35. The molecule has 1 heterocycles. The average molecular weight is 244 g/mol. The highest BCUT2D eigenvalue weighted by molar-refractivity contribution is 5.54. The van der Waals surface area contributed by atoms with Crippen molar-refractivity contribution >= 4 is 0 Å². The van der Waals surface area contributed by atoms with Crippen molar-refractivity contribution in [1.82, 2.24) is 10.3 Å². The molecule has 0 aliphatic heterocycles. The van der Waals surface area contributed by atoms with E-state index in [0.29, 0.717) is 5.89 Å². The number of benzene rings is 1. The molecule has 0 unspecified atom stereocenters. The van der Waals surface area contributed by atoms with Crippen molar-refractivity contribution < 1.29 is 4.42 Å². The molecule has 96 valence electrons. The van der Waals surface area contributed by atoms with Gasteiger partial charge in [-0.15, -0.1) is 0 Å². The Hall–Kier alpha value is -1.61. The van der Waals surface area contributed by atoms with Crippen LogP contribution in [0.1, 0.15) is 32.0 Å². The maximum absolute atomic E-state index is 5.48. The van der Waals surface area contributed by atoms with Gasteiger partial charge in [-0.2, -0.15) is 0 Å². The molecule has 2 aromatic rings. The molecule has 1 N–H and O–H groups in total. The Labute approximate surface area is 108 Å². The molecule has 0 atom stereocenters. The van der Waals surface area contributed by atoms with Crippen molar-refractivity contribution in [3.05, 3.63) is 41.8 Å². The zero-order valence-corrected chi connectivity index (χ0v) is 11.4. The van der Waals surface area contributed by atoms with Crippen LogP contribution in [-0.2, 0) is 12.0 Å². The molecular formula is C15H20N2O. The highest BCUT2D eigenvalue weighted by Gasteiger charge is 2.14. The van der Waals surface area contributed by atoms with Crippen molar-refractivity contribution in [2.45, 2.75) is 32.7 Å². The molecule has 0 fully saturated rings. The first-order chi connectivity index (χ1) is 8.50. The molecule has 3 heteroatoms. The first kappa shape index (κ1) is 12.8. The molecule has 0 bridgehead atoms. The Morgan fingerprint density at radius 3 is 2.39 bits per heavy atom. The highest BCUT2D eigenvalue weighted by atomic mass is 16.3. The smallest absolute Gasteiger partial charge is 0.226 e. The van der Waals surface area contributed by atoms with Crippen molar-refractivity contribution in [1.29, 1.82) is 0 Å². The van der Waals surface area contributed by atoms with E-state index in [1.807, 2.05) is 7.05 Å². The second kappa shape index (κ2) is 4.94. The Bertz CT molecular complexity index is 506. The zero-order valence-electron chi connectivity index (χ0n) is 11.4. The molecule has 0 radical (unpaired) electrons. The Morgan fingerprint density at radius 2 is 1.83 bits per heavy atom. The topological polar surface area (TPSA) is 38.1 Å². The molecule has 0 aliphatic rings. The third-order valence-electron chi connectivity index (χ3n) is 2.91. The van der Waals surface area contributed by atoms with Gasteiger partial charge in [-0.3, -0.25) is 0 Å². The number of oxazole rings is 1. The van der Waals surface area contributed by atoms with Crippen molar-refractivity contribution in [2.75, 3.05) is 7.05 Å². The lowest BCUT2D eigenvalue weighted by molar-refractivity contribution is 0.570. The average Bonchev–Trinajstić information content (AvgIpc) is 2.77. The van der Waals surface area contributed by atoms with Gasteiger partial charge in [-0.05, 0) is 30.2 Å². The molecule has 0 amide bonds. The normalized spacial score (nSPS) is 11.8. The first-order valence-electron chi connectivity index (χ1n) is 6.20. The summed E-state index contributed by atoms with van der Waals surface area (Å²) in [5.74, 6) is 0.681. The molecule has 0 saturated carbocycles. The van der Waals surface area contributed by atoms with Crippen LogP contribution in [0.3, 0.4) is 0 Å². The summed E-state index contributed by atoms with van der Waals surface area (Å²) in [6, 6.07) is 8.40. The minimum atomic E-state index is 0.173. The van der Waals surface area contributed by atoms with Gasteiger partial charge < -0.3 is 9.73 Å². The number of rotatable bonds is 3. The fraction of sp³-hybridized carbons (Fsp3) is 0.400. The largest absolute Gasteiger partial charge is 0.444 e. The molecule has 18 heavy (non-hydrogen) atoms. The predicted molar refractivity (Wildman–Crippen MR) is 73.4 cm³/mol. The number of nitrogens with zero attached hydrogens (tertiary/aromatic N) is 1. The van der Waals surface area contributed by atoms with Crippen molar-refractivity contribution in [2.24, 2.45) is 0 Å². The second-order valence-electron chi connectivity index (χ2n) is 5.50. The quantitative estimate of drug-likeness (QED) is 0.899. The summed E-state index contributed by atoms with van der Waals surface area (Å²) in [7, 11) is 1.90. The molecular weight excluding hydrogens is 224 g/mol. The fourth-order valence-corrected chi connectivity index (χ4v) is 1.81. The van der Waals surface area contributed by atoms with E-state index in [2.05, 4.69) is 55.3 Å². The number of hydrogen-bond acceptors (Lipinski definition) is 3. The van der Waals surface area contributed by atoms with Crippen LogP contribution < -0.4 is 5.32 Å². The maximum atomic E-state index is 5.48. The lowest BCUT2D eigenvalue weighted by Crippen LogP contribution is -2.10. The van der Waals surface area contributed by atoms with E-state index >= 15 is 0 Å². The number of nitrogens with one attached hydrogen (secondary N) is 1. The van der Waals surface area contributed by atoms with Crippen LogP contribution in [0, 0.1) is 0 Å². The highest BCUT2D eigenvalue weighted by Crippen LogP contribution is 2.25. The Morgan fingerprint density at radius 1 is 1.17 bits per heavy atom. The van der Waals surface area contributed by atoms with Gasteiger partial charge in [0.2, 0.25) is 5.89 Å². The number of aromatic nitrogens is 1. The van der Waals surface area contributed by atoms with Crippen molar-refractivity contribution in [3.63, 3.8) is 0 Å². The van der Waals surface area contributed by atoms with Crippen LogP contribution in [0.5, 0.6) is 0 Å². The summed E-state index contributed by atoms with van der Waals surface area (Å²) in [5, 5.41) is 3.06. The Balaban J connectivity index is 2.23. The van der Waals surface area contributed by atoms with Gasteiger partial charge in [-0.1, -0.05) is 32.9 Å². The first-order valence-corrected chi connectivity index (χ1v) is 6.20. The van der Waals surface area contributed by atoms with Gasteiger partial charge >= 0.3 is 0 Å². The van der Waals surface area contributed by atoms with E-state index in [-0.39, 0.29) is 5.41 Å². The molecule has 0 saturated heterocycles. The lowest BCUT2D eigenvalue weighted by Gasteiger charge is -2.18. The predicted octanol–water partition coefficient (Wildman–Crippen LogP) is 3.36. The third kappa shape index (κ3) is 2.79. The van der Waals surface area contributed by atoms with Crippen LogP contribution in [0.15, 0.2) is 34.9 Å². The summed E-state index contributed by atoms with van der Waals surface area (Å²) in [5.41, 5.74) is 3.43. The van der Waals surface area contributed by atoms with E-state index in [1.165, 1.54) is 5.56 Å². The van der Waals surface area contributed by atoms with Gasteiger partial charge in [0.25, 0.3) is 0 Å². The van der Waals surface area contributed by atoms with Crippen LogP contribution in [0.25, 0.3) is 11.5 Å². The summed E-state index contributed by atoms with van der Waals surface area (Å²) >= 11 is 0. The van der Waals surface area contributed by atoms with E-state index in [1.54, 1.807) is 6.26 Å². The minimum absolute atomic E-state index is 0.173.